The Morgan fingerprint density at radius 2 is 1.53 bits per heavy atom. The predicted octanol–water partition coefficient (Wildman–Crippen LogP) is 6.75. The largest absolute Gasteiger partial charge is 0.416 e. The highest BCUT2D eigenvalue weighted by atomic mass is 19.4. The maximum atomic E-state index is 13.2. The monoisotopic (exact) mass is 514 g/mol. The summed E-state index contributed by atoms with van der Waals surface area (Å²) >= 11 is 0. The molecule has 4 aromatic carbocycles. The van der Waals surface area contributed by atoms with Gasteiger partial charge < -0.3 is 10.2 Å². The third-order valence-electron chi connectivity index (χ3n) is 6.72. The minimum Gasteiger partial charge on any atom is -0.338 e. The summed E-state index contributed by atoms with van der Waals surface area (Å²) in [4.78, 5) is 27.8. The van der Waals surface area contributed by atoms with E-state index in [0.717, 1.165) is 28.8 Å². The molecular formula is C31H25F3N2O2. The maximum absolute atomic E-state index is 13.2. The molecule has 38 heavy (non-hydrogen) atoms. The SMILES string of the molecule is O=C(Nc1ccc2c(c1)CCN(C(=O)Cc1ccccc1)C2)c1ccccc1-c1ccc(C(F)(F)F)cc1. The summed E-state index contributed by atoms with van der Waals surface area (Å²) in [6.07, 6.45) is -3.38. The van der Waals surface area contributed by atoms with Gasteiger partial charge in [-0.1, -0.05) is 66.7 Å². The van der Waals surface area contributed by atoms with Crippen molar-refractivity contribution in [3.63, 3.8) is 0 Å². The van der Waals surface area contributed by atoms with Gasteiger partial charge in [-0.2, -0.15) is 13.2 Å². The predicted molar refractivity (Wildman–Crippen MR) is 141 cm³/mol. The van der Waals surface area contributed by atoms with E-state index in [-0.39, 0.29) is 11.8 Å². The Morgan fingerprint density at radius 3 is 2.26 bits per heavy atom. The minimum atomic E-state index is -4.42. The standard InChI is InChI=1S/C31H25F3N2O2/c32-31(33,34)25-13-10-22(11-14-25)27-8-4-5-9-28(27)30(38)35-26-15-12-24-20-36(17-16-23(24)19-26)29(37)18-21-6-2-1-3-7-21/h1-15,19H,16-18,20H2,(H,35,38). The number of hydrogen-bond donors (Lipinski definition) is 1. The number of carbonyl (C=O) groups excluding carboxylic acids is 2. The van der Waals surface area contributed by atoms with E-state index in [4.69, 9.17) is 0 Å². The summed E-state index contributed by atoms with van der Waals surface area (Å²) in [6.45, 7) is 1.12. The molecule has 4 aromatic rings. The molecule has 4 nitrogen and oxygen atoms in total. The number of hydrogen-bond acceptors (Lipinski definition) is 2. The summed E-state index contributed by atoms with van der Waals surface area (Å²) in [6, 6.07) is 26.9. The molecule has 5 rings (SSSR count). The van der Waals surface area contributed by atoms with E-state index < -0.39 is 11.7 Å². The second-order valence-electron chi connectivity index (χ2n) is 9.29. The second kappa shape index (κ2) is 10.5. The quantitative estimate of drug-likeness (QED) is 0.320. The van der Waals surface area contributed by atoms with Gasteiger partial charge in [-0.25, -0.2) is 0 Å². The first-order valence-corrected chi connectivity index (χ1v) is 12.3. The van der Waals surface area contributed by atoms with Crippen molar-refractivity contribution in [2.75, 3.05) is 11.9 Å². The molecule has 0 atom stereocenters. The van der Waals surface area contributed by atoms with Gasteiger partial charge in [-0.05, 0) is 64.6 Å². The first-order valence-electron chi connectivity index (χ1n) is 12.3. The van der Waals surface area contributed by atoms with E-state index in [1.54, 1.807) is 24.3 Å². The van der Waals surface area contributed by atoms with Crippen LogP contribution in [0.5, 0.6) is 0 Å². The molecule has 0 radical (unpaired) electrons. The van der Waals surface area contributed by atoms with Crippen molar-refractivity contribution in [3.8, 4) is 11.1 Å². The number of nitrogens with zero attached hydrogens (tertiary/aromatic N) is 1. The Balaban J connectivity index is 1.28. The van der Waals surface area contributed by atoms with Crippen molar-refractivity contribution in [2.24, 2.45) is 0 Å². The Morgan fingerprint density at radius 1 is 0.816 bits per heavy atom. The van der Waals surface area contributed by atoms with Crippen molar-refractivity contribution in [1.82, 2.24) is 4.90 Å². The van der Waals surface area contributed by atoms with E-state index in [2.05, 4.69) is 5.32 Å². The molecule has 0 spiro atoms. The molecule has 0 aliphatic carbocycles. The second-order valence-corrected chi connectivity index (χ2v) is 9.29. The van der Waals surface area contributed by atoms with Crippen LogP contribution in [0.1, 0.15) is 32.6 Å². The van der Waals surface area contributed by atoms with E-state index in [1.165, 1.54) is 12.1 Å². The Kier molecular flexibility index (Phi) is 7.01. The zero-order valence-electron chi connectivity index (χ0n) is 20.5. The first kappa shape index (κ1) is 25.3. The van der Waals surface area contributed by atoms with E-state index >= 15 is 0 Å². The van der Waals surface area contributed by atoms with Gasteiger partial charge in [-0.3, -0.25) is 9.59 Å². The third kappa shape index (κ3) is 5.62. The third-order valence-corrected chi connectivity index (χ3v) is 6.72. The molecule has 0 aromatic heterocycles. The fourth-order valence-corrected chi connectivity index (χ4v) is 4.70. The van der Waals surface area contributed by atoms with Crippen molar-refractivity contribution in [1.29, 1.82) is 0 Å². The van der Waals surface area contributed by atoms with Crippen LogP contribution >= 0.6 is 0 Å². The number of alkyl halides is 3. The fourth-order valence-electron chi connectivity index (χ4n) is 4.70. The normalized spacial score (nSPS) is 13.1. The van der Waals surface area contributed by atoms with Gasteiger partial charge >= 0.3 is 6.18 Å². The van der Waals surface area contributed by atoms with Crippen molar-refractivity contribution >= 4 is 17.5 Å². The molecule has 1 heterocycles. The highest BCUT2D eigenvalue weighted by Crippen LogP contribution is 2.32. The number of nitrogens with one attached hydrogen (secondary N) is 1. The lowest BCUT2D eigenvalue weighted by atomic mass is 9.97. The van der Waals surface area contributed by atoms with Crippen LogP contribution in [0.4, 0.5) is 18.9 Å². The summed E-state index contributed by atoms with van der Waals surface area (Å²) in [5, 5.41) is 2.92. The van der Waals surface area contributed by atoms with Crippen molar-refractivity contribution < 1.29 is 22.8 Å². The van der Waals surface area contributed by atoms with Crippen LogP contribution in [-0.4, -0.2) is 23.3 Å². The number of halogens is 3. The number of carbonyl (C=O) groups is 2. The van der Waals surface area contributed by atoms with E-state index in [0.29, 0.717) is 48.3 Å². The summed E-state index contributed by atoms with van der Waals surface area (Å²) < 4.78 is 38.9. The molecule has 0 fully saturated rings. The molecule has 7 heteroatoms. The average Bonchev–Trinajstić information content (AvgIpc) is 2.93. The number of amides is 2. The first-order chi connectivity index (χ1) is 18.3. The topological polar surface area (TPSA) is 49.4 Å². The Labute approximate surface area is 218 Å². The van der Waals surface area contributed by atoms with Gasteiger partial charge in [0.25, 0.3) is 5.91 Å². The average molecular weight is 515 g/mol. The van der Waals surface area contributed by atoms with Gasteiger partial charge in [-0.15, -0.1) is 0 Å². The van der Waals surface area contributed by atoms with Crippen LogP contribution in [0.2, 0.25) is 0 Å². The fraction of sp³-hybridized carbons (Fsp3) is 0.161. The van der Waals surface area contributed by atoms with Crippen LogP contribution in [0.15, 0.2) is 97.1 Å². The van der Waals surface area contributed by atoms with E-state index in [9.17, 15) is 22.8 Å². The number of rotatable bonds is 5. The van der Waals surface area contributed by atoms with Crippen LogP contribution in [-0.2, 0) is 30.4 Å². The van der Waals surface area contributed by atoms with Gasteiger partial charge in [0.15, 0.2) is 0 Å². The lowest BCUT2D eigenvalue weighted by Crippen LogP contribution is -2.36. The summed E-state index contributed by atoms with van der Waals surface area (Å²) in [7, 11) is 0. The van der Waals surface area contributed by atoms with E-state index in [1.807, 2.05) is 53.4 Å². The number of anilines is 1. The Bertz CT molecular complexity index is 1460. The van der Waals surface area contributed by atoms with Crippen molar-refractivity contribution in [2.45, 2.75) is 25.6 Å². The van der Waals surface area contributed by atoms with Gasteiger partial charge in [0.2, 0.25) is 5.91 Å². The molecule has 1 aliphatic heterocycles. The molecular weight excluding hydrogens is 489 g/mol. The number of fused-ring (bicyclic) bond motifs is 1. The molecule has 1 N–H and O–H groups in total. The molecule has 0 bridgehead atoms. The summed E-state index contributed by atoms with van der Waals surface area (Å²) in [5.41, 5.74) is 4.42. The number of benzene rings is 4. The molecule has 192 valence electrons. The highest BCUT2D eigenvalue weighted by Gasteiger charge is 2.30. The minimum absolute atomic E-state index is 0.0825. The molecule has 0 saturated heterocycles. The van der Waals surface area contributed by atoms with Crippen LogP contribution in [0.25, 0.3) is 11.1 Å². The maximum Gasteiger partial charge on any atom is 0.416 e. The van der Waals surface area contributed by atoms with Crippen LogP contribution in [0.3, 0.4) is 0 Å². The molecule has 0 unspecified atom stereocenters. The Hall–Kier alpha value is -4.39. The van der Waals surface area contributed by atoms with Gasteiger partial charge in [0.1, 0.15) is 0 Å². The van der Waals surface area contributed by atoms with Crippen molar-refractivity contribution in [3.05, 3.63) is 125 Å². The zero-order chi connectivity index (χ0) is 26.7. The molecule has 2 amide bonds. The molecule has 0 saturated carbocycles. The molecule has 1 aliphatic rings. The van der Waals surface area contributed by atoms with Crippen LogP contribution < -0.4 is 5.32 Å². The highest BCUT2D eigenvalue weighted by molar-refractivity contribution is 6.08. The van der Waals surface area contributed by atoms with Gasteiger partial charge in [0, 0.05) is 24.3 Å². The smallest absolute Gasteiger partial charge is 0.338 e. The lowest BCUT2D eigenvalue weighted by molar-refractivity contribution is -0.137. The lowest BCUT2D eigenvalue weighted by Gasteiger charge is -2.29. The van der Waals surface area contributed by atoms with Gasteiger partial charge in [0.05, 0.1) is 12.0 Å². The summed E-state index contributed by atoms with van der Waals surface area (Å²) in [5.74, 6) is -0.268. The van der Waals surface area contributed by atoms with Crippen LogP contribution in [0, 0.1) is 0 Å². The zero-order valence-corrected chi connectivity index (χ0v) is 20.5.